The van der Waals surface area contributed by atoms with E-state index in [1.165, 1.54) is 24.0 Å². The maximum absolute atomic E-state index is 12.6. The molecule has 0 bridgehead atoms. The van der Waals surface area contributed by atoms with Gasteiger partial charge in [0.25, 0.3) is 0 Å². The maximum atomic E-state index is 12.6. The first kappa shape index (κ1) is 24.5. The largest absolute Gasteiger partial charge is 0.424 e. The topological polar surface area (TPSA) is 92.9 Å². The van der Waals surface area contributed by atoms with Gasteiger partial charge < -0.3 is 15.1 Å². The van der Waals surface area contributed by atoms with Crippen LogP contribution in [0.3, 0.4) is 0 Å². The average molecular weight is 524 g/mol. The van der Waals surface area contributed by atoms with E-state index in [1.54, 1.807) is 11.3 Å². The van der Waals surface area contributed by atoms with Crippen molar-refractivity contribution in [1.82, 2.24) is 20.5 Å². The predicted octanol–water partition coefficient (Wildman–Crippen LogP) is 5.66. The molecule has 5 aromatic rings. The highest BCUT2D eigenvalue weighted by Gasteiger charge is 2.15. The second kappa shape index (κ2) is 11.2. The molecule has 8 heteroatoms. The minimum Gasteiger partial charge on any atom is -0.424 e. The summed E-state index contributed by atoms with van der Waals surface area (Å²) in [4.78, 5) is 17.3. The molecular weight excluding hydrogens is 494 g/mol. The molecule has 0 unspecified atom stereocenters. The first-order chi connectivity index (χ1) is 18.7. The zero-order valence-corrected chi connectivity index (χ0v) is 21.8. The minimum absolute atomic E-state index is 0.0319. The van der Waals surface area contributed by atoms with Crippen molar-refractivity contribution in [3.05, 3.63) is 95.1 Å². The fraction of sp³-hybridized carbons (Fsp3) is 0.267. The van der Waals surface area contributed by atoms with Crippen molar-refractivity contribution < 1.29 is 9.21 Å². The van der Waals surface area contributed by atoms with Crippen molar-refractivity contribution in [3.63, 3.8) is 0 Å². The van der Waals surface area contributed by atoms with E-state index in [1.807, 2.05) is 36.4 Å². The van der Waals surface area contributed by atoms with Gasteiger partial charge in [-0.15, -0.1) is 21.5 Å². The summed E-state index contributed by atoms with van der Waals surface area (Å²) in [6.07, 6.45) is 4.00. The number of hydrogen-bond acceptors (Lipinski definition) is 7. The summed E-state index contributed by atoms with van der Waals surface area (Å²) in [5.41, 5.74) is 5.37. The molecule has 38 heavy (non-hydrogen) atoms. The smallest absolute Gasteiger partial charge is 0.233 e. The Morgan fingerprint density at radius 3 is 2.55 bits per heavy atom. The van der Waals surface area contributed by atoms with Crippen LogP contribution in [0, 0.1) is 5.92 Å². The summed E-state index contributed by atoms with van der Waals surface area (Å²) in [5, 5.41) is 15.5. The van der Waals surface area contributed by atoms with E-state index in [0.29, 0.717) is 18.2 Å². The Hall–Kier alpha value is -3.88. The van der Waals surface area contributed by atoms with Crippen LogP contribution in [0.15, 0.2) is 77.2 Å². The standard InChI is InChI=1S/C30H29N5O2S/c36-27(32-24-9-6-20(7-10-24)16-21-12-14-31-15-13-21)18-28-34-35-29(37-28)19-30-33-25-11-8-23(17-26(25)38-30)22-4-2-1-3-5-22/h1-11,17,21,31H,12-16,18-19H2,(H,32,36). The fourth-order valence-corrected chi connectivity index (χ4v) is 5.90. The number of carbonyl (C=O) groups excluding carboxylic acids is 1. The summed E-state index contributed by atoms with van der Waals surface area (Å²) in [7, 11) is 0. The maximum Gasteiger partial charge on any atom is 0.233 e. The van der Waals surface area contributed by atoms with Crippen molar-refractivity contribution in [3.8, 4) is 11.1 Å². The normalized spacial score (nSPS) is 14.1. The number of nitrogens with zero attached hydrogens (tertiary/aromatic N) is 3. The van der Waals surface area contributed by atoms with E-state index in [9.17, 15) is 4.79 Å². The van der Waals surface area contributed by atoms with Crippen LogP contribution in [-0.4, -0.2) is 34.2 Å². The van der Waals surface area contributed by atoms with Crippen molar-refractivity contribution in [2.45, 2.75) is 32.1 Å². The molecule has 1 aliphatic rings. The molecule has 1 fully saturated rings. The number of carbonyl (C=O) groups is 1. The zero-order chi connectivity index (χ0) is 25.7. The van der Waals surface area contributed by atoms with Gasteiger partial charge in [-0.3, -0.25) is 4.79 Å². The molecule has 7 nitrogen and oxygen atoms in total. The van der Waals surface area contributed by atoms with Crippen molar-refractivity contribution in [2.24, 2.45) is 5.92 Å². The van der Waals surface area contributed by atoms with Gasteiger partial charge >= 0.3 is 0 Å². The van der Waals surface area contributed by atoms with Gasteiger partial charge in [0.2, 0.25) is 17.7 Å². The first-order valence-electron chi connectivity index (χ1n) is 13.0. The van der Waals surface area contributed by atoms with Crippen LogP contribution in [0.2, 0.25) is 0 Å². The number of nitrogens with one attached hydrogen (secondary N) is 2. The van der Waals surface area contributed by atoms with Gasteiger partial charge in [-0.05, 0) is 79.2 Å². The highest BCUT2D eigenvalue weighted by molar-refractivity contribution is 7.18. The lowest BCUT2D eigenvalue weighted by atomic mass is 9.91. The Morgan fingerprint density at radius 1 is 0.947 bits per heavy atom. The Morgan fingerprint density at radius 2 is 1.74 bits per heavy atom. The van der Waals surface area contributed by atoms with Gasteiger partial charge in [0, 0.05) is 5.69 Å². The van der Waals surface area contributed by atoms with Gasteiger partial charge in [0.15, 0.2) is 0 Å². The number of thiazole rings is 1. The van der Waals surface area contributed by atoms with E-state index < -0.39 is 0 Å². The average Bonchev–Trinajstić information content (AvgIpc) is 3.56. The van der Waals surface area contributed by atoms with Gasteiger partial charge in [-0.1, -0.05) is 48.5 Å². The molecule has 0 saturated carbocycles. The summed E-state index contributed by atoms with van der Waals surface area (Å²) < 4.78 is 6.88. The van der Waals surface area contributed by atoms with Crippen LogP contribution in [0.4, 0.5) is 5.69 Å². The van der Waals surface area contributed by atoms with Crippen LogP contribution >= 0.6 is 11.3 Å². The number of amides is 1. The Balaban J connectivity index is 1.04. The monoisotopic (exact) mass is 523 g/mol. The van der Waals surface area contributed by atoms with Gasteiger partial charge in [0.05, 0.1) is 16.6 Å². The number of aromatic nitrogens is 3. The molecular formula is C30H29N5O2S. The van der Waals surface area contributed by atoms with E-state index in [2.05, 4.69) is 57.2 Å². The Bertz CT molecular complexity index is 1520. The van der Waals surface area contributed by atoms with Gasteiger partial charge in [-0.25, -0.2) is 4.98 Å². The molecule has 2 N–H and O–H groups in total. The van der Waals surface area contributed by atoms with E-state index >= 15 is 0 Å². The van der Waals surface area contributed by atoms with Gasteiger partial charge in [0.1, 0.15) is 11.4 Å². The van der Waals surface area contributed by atoms with E-state index in [4.69, 9.17) is 9.40 Å². The van der Waals surface area contributed by atoms with Crippen molar-refractivity contribution in [1.29, 1.82) is 0 Å². The quantitative estimate of drug-likeness (QED) is 0.273. The SMILES string of the molecule is O=C(Cc1nnc(Cc2nc3ccc(-c4ccccc4)cc3s2)o1)Nc1ccc(CC2CCNCC2)cc1. The number of fused-ring (bicyclic) bond motifs is 1. The van der Waals surface area contributed by atoms with Crippen molar-refractivity contribution in [2.75, 3.05) is 18.4 Å². The lowest BCUT2D eigenvalue weighted by Crippen LogP contribution is -2.28. The number of hydrogen-bond donors (Lipinski definition) is 2. The predicted molar refractivity (Wildman–Crippen MR) is 150 cm³/mol. The highest BCUT2D eigenvalue weighted by atomic mass is 32.1. The van der Waals surface area contributed by atoms with Crippen LogP contribution in [0.1, 0.15) is 35.2 Å². The second-order valence-corrected chi connectivity index (χ2v) is 10.9. The molecule has 3 aromatic carbocycles. The van der Waals surface area contributed by atoms with E-state index in [-0.39, 0.29) is 12.3 Å². The molecule has 0 atom stereocenters. The summed E-state index contributed by atoms with van der Waals surface area (Å²) in [6, 6.07) is 24.7. The Kier molecular flexibility index (Phi) is 7.24. The molecule has 0 spiro atoms. The molecule has 2 aromatic heterocycles. The number of anilines is 1. The van der Waals surface area contributed by atoms with Crippen LogP contribution in [-0.2, 0) is 24.1 Å². The third kappa shape index (κ3) is 5.98. The highest BCUT2D eigenvalue weighted by Crippen LogP contribution is 2.29. The second-order valence-electron chi connectivity index (χ2n) is 9.74. The lowest BCUT2D eigenvalue weighted by molar-refractivity contribution is -0.115. The molecule has 3 heterocycles. The third-order valence-corrected chi connectivity index (χ3v) is 7.90. The first-order valence-corrected chi connectivity index (χ1v) is 13.9. The molecule has 0 radical (unpaired) electrons. The van der Waals surface area contributed by atoms with Crippen LogP contribution < -0.4 is 10.6 Å². The number of benzene rings is 3. The van der Waals surface area contributed by atoms with Gasteiger partial charge in [-0.2, -0.15) is 0 Å². The van der Waals surface area contributed by atoms with Crippen molar-refractivity contribution >= 4 is 33.1 Å². The minimum atomic E-state index is -0.181. The summed E-state index contributed by atoms with van der Waals surface area (Å²) in [5.74, 6) is 1.31. The third-order valence-electron chi connectivity index (χ3n) is 6.88. The van der Waals surface area contributed by atoms with Crippen LogP contribution in [0.5, 0.6) is 0 Å². The molecule has 1 saturated heterocycles. The Labute approximate surface area is 225 Å². The summed E-state index contributed by atoms with van der Waals surface area (Å²) >= 11 is 1.62. The summed E-state index contributed by atoms with van der Waals surface area (Å²) in [6.45, 7) is 2.21. The lowest BCUT2D eigenvalue weighted by Gasteiger charge is -2.22. The molecule has 1 amide bonds. The fourth-order valence-electron chi connectivity index (χ4n) is 4.90. The number of piperidine rings is 1. The van der Waals surface area contributed by atoms with E-state index in [0.717, 1.165) is 51.9 Å². The number of rotatable bonds is 8. The molecule has 0 aliphatic carbocycles. The zero-order valence-electron chi connectivity index (χ0n) is 21.0. The molecule has 1 aliphatic heterocycles. The molecule has 6 rings (SSSR count). The van der Waals surface area contributed by atoms with Crippen LogP contribution in [0.25, 0.3) is 21.3 Å². The molecule has 192 valence electrons.